The Morgan fingerprint density at radius 2 is 2.00 bits per heavy atom. The van der Waals surface area contributed by atoms with Crippen LogP contribution in [0.3, 0.4) is 0 Å². The summed E-state index contributed by atoms with van der Waals surface area (Å²) in [5, 5.41) is 0. The average Bonchev–Trinajstić information content (AvgIpc) is 2.28. The third kappa shape index (κ3) is 4.59. The topological polar surface area (TPSA) is 29.3 Å². The van der Waals surface area contributed by atoms with Crippen molar-refractivity contribution in [2.75, 3.05) is 19.6 Å². The fourth-order valence-electron chi connectivity index (χ4n) is 3.44. The summed E-state index contributed by atoms with van der Waals surface area (Å²) < 4.78 is 0. The van der Waals surface area contributed by atoms with Crippen molar-refractivity contribution >= 4 is 0 Å². The minimum absolute atomic E-state index is 0.616. The van der Waals surface area contributed by atoms with E-state index in [9.17, 15) is 0 Å². The SMILES string of the molecule is CCN(CC(C)C)C(CN)C1CCCC(C)C1. The predicted molar refractivity (Wildman–Crippen MR) is 76.0 cm³/mol. The molecular formula is C15H32N2. The average molecular weight is 240 g/mol. The molecular weight excluding hydrogens is 208 g/mol. The fourth-order valence-corrected chi connectivity index (χ4v) is 3.44. The first-order valence-electron chi connectivity index (χ1n) is 7.52. The van der Waals surface area contributed by atoms with Crippen LogP contribution in [0.25, 0.3) is 0 Å². The van der Waals surface area contributed by atoms with Gasteiger partial charge < -0.3 is 5.73 Å². The second kappa shape index (κ2) is 7.38. The summed E-state index contributed by atoms with van der Waals surface area (Å²) in [4.78, 5) is 2.62. The highest BCUT2D eigenvalue weighted by atomic mass is 15.2. The van der Waals surface area contributed by atoms with Crippen LogP contribution in [-0.2, 0) is 0 Å². The van der Waals surface area contributed by atoms with Gasteiger partial charge in [-0.3, -0.25) is 4.90 Å². The van der Waals surface area contributed by atoms with Gasteiger partial charge in [0.15, 0.2) is 0 Å². The molecule has 1 fully saturated rings. The van der Waals surface area contributed by atoms with Gasteiger partial charge in [-0.15, -0.1) is 0 Å². The monoisotopic (exact) mass is 240 g/mol. The molecule has 0 aromatic rings. The molecule has 0 aliphatic heterocycles. The Morgan fingerprint density at radius 1 is 1.29 bits per heavy atom. The van der Waals surface area contributed by atoms with E-state index in [2.05, 4.69) is 32.6 Å². The molecule has 1 rings (SSSR count). The molecule has 0 aromatic carbocycles. The fraction of sp³-hybridized carbons (Fsp3) is 1.00. The number of rotatable bonds is 6. The Hall–Kier alpha value is -0.0800. The Kier molecular flexibility index (Phi) is 6.50. The Balaban J connectivity index is 2.60. The van der Waals surface area contributed by atoms with Crippen molar-refractivity contribution in [2.24, 2.45) is 23.5 Å². The third-order valence-corrected chi connectivity index (χ3v) is 4.24. The number of hydrogen-bond donors (Lipinski definition) is 1. The Labute approximate surface area is 108 Å². The van der Waals surface area contributed by atoms with Crippen LogP contribution < -0.4 is 5.73 Å². The van der Waals surface area contributed by atoms with E-state index in [1.165, 1.54) is 32.2 Å². The maximum atomic E-state index is 6.06. The maximum Gasteiger partial charge on any atom is 0.0246 e. The van der Waals surface area contributed by atoms with E-state index >= 15 is 0 Å². The summed E-state index contributed by atoms with van der Waals surface area (Å²) in [5.41, 5.74) is 6.06. The van der Waals surface area contributed by atoms with E-state index in [1.807, 2.05) is 0 Å². The minimum atomic E-state index is 0.616. The van der Waals surface area contributed by atoms with Crippen molar-refractivity contribution in [3.8, 4) is 0 Å². The second-order valence-electron chi connectivity index (χ2n) is 6.32. The van der Waals surface area contributed by atoms with E-state index < -0.39 is 0 Å². The van der Waals surface area contributed by atoms with Crippen LogP contribution in [0, 0.1) is 17.8 Å². The van der Waals surface area contributed by atoms with Gasteiger partial charge in [0.25, 0.3) is 0 Å². The quantitative estimate of drug-likeness (QED) is 0.773. The lowest BCUT2D eigenvalue weighted by atomic mass is 9.78. The van der Waals surface area contributed by atoms with Crippen molar-refractivity contribution in [3.05, 3.63) is 0 Å². The Morgan fingerprint density at radius 3 is 2.47 bits per heavy atom. The van der Waals surface area contributed by atoms with E-state index in [0.29, 0.717) is 6.04 Å². The van der Waals surface area contributed by atoms with Crippen LogP contribution in [0.4, 0.5) is 0 Å². The molecule has 0 bridgehead atoms. The van der Waals surface area contributed by atoms with Crippen LogP contribution in [0.1, 0.15) is 53.4 Å². The van der Waals surface area contributed by atoms with Gasteiger partial charge in [0.1, 0.15) is 0 Å². The van der Waals surface area contributed by atoms with Crippen LogP contribution in [0.5, 0.6) is 0 Å². The highest BCUT2D eigenvalue weighted by molar-refractivity contribution is 4.84. The summed E-state index contributed by atoms with van der Waals surface area (Å²) in [6.45, 7) is 12.5. The molecule has 0 saturated heterocycles. The lowest BCUT2D eigenvalue weighted by Crippen LogP contribution is -2.48. The van der Waals surface area contributed by atoms with Gasteiger partial charge in [-0.05, 0) is 37.1 Å². The number of likely N-dealkylation sites (N-methyl/N-ethyl adjacent to an activating group) is 1. The second-order valence-corrected chi connectivity index (χ2v) is 6.32. The molecule has 3 unspecified atom stereocenters. The zero-order valence-corrected chi connectivity index (χ0v) is 12.3. The first-order chi connectivity index (χ1) is 8.08. The normalized spacial score (nSPS) is 27.7. The van der Waals surface area contributed by atoms with Gasteiger partial charge in [-0.25, -0.2) is 0 Å². The molecule has 0 radical (unpaired) electrons. The minimum Gasteiger partial charge on any atom is -0.329 e. The number of nitrogens with two attached hydrogens (primary N) is 1. The number of hydrogen-bond acceptors (Lipinski definition) is 2. The van der Waals surface area contributed by atoms with Gasteiger partial charge in [0.2, 0.25) is 0 Å². The maximum absolute atomic E-state index is 6.06. The van der Waals surface area contributed by atoms with Crippen LogP contribution in [0.15, 0.2) is 0 Å². The van der Waals surface area contributed by atoms with Crippen molar-refractivity contribution in [3.63, 3.8) is 0 Å². The molecule has 2 nitrogen and oxygen atoms in total. The van der Waals surface area contributed by atoms with E-state index in [4.69, 9.17) is 5.73 Å². The highest BCUT2D eigenvalue weighted by Crippen LogP contribution is 2.32. The first-order valence-corrected chi connectivity index (χ1v) is 7.52. The molecule has 1 saturated carbocycles. The molecule has 1 aliphatic rings. The molecule has 17 heavy (non-hydrogen) atoms. The number of nitrogens with zero attached hydrogens (tertiary/aromatic N) is 1. The molecule has 3 atom stereocenters. The van der Waals surface area contributed by atoms with E-state index in [-0.39, 0.29) is 0 Å². The smallest absolute Gasteiger partial charge is 0.0246 e. The van der Waals surface area contributed by atoms with Gasteiger partial charge in [-0.2, -0.15) is 0 Å². The van der Waals surface area contributed by atoms with Crippen molar-refractivity contribution in [2.45, 2.75) is 59.4 Å². The van der Waals surface area contributed by atoms with E-state index in [0.717, 1.165) is 30.8 Å². The standard InChI is InChI=1S/C15H32N2/c1-5-17(11-12(2)3)15(10-16)14-8-6-7-13(4)9-14/h12-15H,5-11,16H2,1-4H3. The molecule has 2 heteroatoms. The highest BCUT2D eigenvalue weighted by Gasteiger charge is 2.29. The van der Waals surface area contributed by atoms with Crippen molar-refractivity contribution < 1.29 is 0 Å². The van der Waals surface area contributed by atoms with Gasteiger partial charge in [0.05, 0.1) is 0 Å². The predicted octanol–water partition coefficient (Wildman–Crippen LogP) is 3.12. The van der Waals surface area contributed by atoms with Gasteiger partial charge in [-0.1, -0.05) is 40.5 Å². The molecule has 1 aliphatic carbocycles. The molecule has 2 N–H and O–H groups in total. The van der Waals surface area contributed by atoms with Crippen LogP contribution in [0.2, 0.25) is 0 Å². The molecule has 0 aromatic heterocycles. The third-order valence-electron chi connectivity index (χ3n) is 4.24. The van der Waals surface area contributed by atoms with Crippen LogP contribution >= 0.6 is 0 Å². The Bertz CT molecular complexity index is 199. The molecule has 102 valence electrons. The van der Waals surface area contributed by atoms with Crippen LogP contribution in [-0.4, -0.2) is 30.6 Å². The summed E-state index contributed by atoms with van der Waals surface area (Å²) in [6, 6.07) is 0.616. The largest absolute Gasteiger partial charge is 0.329 e. The summed E-state index contributed by atoms with van der Waals surface area (Å²) in [5.74, 6) is 2.48. The molecule has 0 spiro atoms. The first kappa shape index (κ1) is 15.0. The summed E-state index contributed by atoms with van der Waals surface area (Å²) in [7, 11) is 0. The lowest BCUT2D eigenvalue weighted by Gasteiger charge is -2.40. The molecule has 0 amide bonds. The van der Waals surface area contributed by atoms with Crippen molar-refractivity contribution in [1.82, 2.24) is 4.90 Å². The summed E-state index contributed by atoms with van der Waals surface area (Å²) in [6.07, 6.45) is 5.60. The zero-order valence-electron chi connectivity index (χ0n) is 12.3. The molecule has 0 heterocycles. The zero-order chi connectivity index (χ0) is 12.8. The summed E-state index contributed by atoms with van der Waals surface area (Å²) >= 11 is 0. The van der Waals surface area contributed by atoms with Gasteiger partial charge in [0, 0.05) is 19.1 Å². The van der Waals surface area contributed by atoms with Crippen molar-refractivity contribution in [1.29, 1.82) is 0 Å². The van der Waals surface area contributed by atoms with Gasteiger partial charge >= 0.3 is 0 Å². The van der Waals surface area contributed by atoms with E-state index in [1.54, 1.807) is 0 Å². The lowest BCUT2D eigenvalue weighted by molar-refractivity contribution is 0.102.